The number of aromatic nitrogens is 5. The van der Waals surface area contributed by atoms with Crippen LogP contribution >= 0.6 is 11.6 Å². The van der Waals surface area contributed by atoms with E-state index in [1.807, 2.05) is 24.3 Å². The van der Waals surface area contributed by atoms with Gasteiger partial charge in [-0.1, -0.05) is 44.5 Å². The molecular formula is C26H28ClN7O. The van der Waals surface area contributed by atoms with Crippen molar-refractivity contribution in [1.29, 1.82) is 0 Å². The summed E-state index contributed by atoms with van der Waals surface area (Å²) in [5, 5.41) is 7.61. The van der Waals surface area contributed by atoms with Gasteiger partial charge in [-0.05, 0) is 48.4 Å². The SMILES string of the molecule is C=CCn1c(=O)c2cnc(Nc3cc4c(cc3Cl)CNCC4)nc2n1-c1cccc(C(C)(C)C)n1. The van der Waals surface area contributed by atoms with Gasteiger partial charge in [0.25, 0.3) is 5.56 Å². The maximum absolute atomic E-state index is 13.2. The second kappa shape index (κ2) is 8.94. The van der Waals surface area contributed by atoms with Crippen molar-refractivity contribution < 1.29 is 0 Å². The molecule has 2 N–H and O–H groups in total. The molecule has 0 unspecified atom stereocenters. The summed E-state index contributed by atoms with van der Waals surface area (Å²) in [6.07, 6.45) is 4.16. The van der Waals surface area contributed by atoms with E-state index in [1.54, 1.807) is 21.6 Å². The molecule has 1 aliphatic heterocycles. The second-order valence-corrected chi connectivity index (χ2v) is 10.1. The number of allylic oxidation sites excluding steroid dienone is 1. The lowest BCUT2D eigenvalue weighted by atomic mass is 9.92. The van der Waals surface area contributed by atoms with Crippen LogP contribution in [0.4, 0.5) is 11.6 Å². The predicted molar refractivity (Wildman–Crippen MR) is 140 cm³/mol. The molecule has 0 atom stereocenters. The van der Waals surface area contributed by atoms with Gasteiger partial charge in [0.05, 0.1) is 17.3 Å². The number of fused-ring (bicyclic) bond motifs is 2. The van der Waals surface area contributed by atoms with Crippen molar-refractivity contribution in [2.24, 2.45) is 0 Å². The summed E-state index contributed by atoms with van der Waals surface area (Å²) in [7, 11) is 0. The number of nitrogens with zero attached hydrogens (tertiary/aromatic N) is 5. The standard InChI is InChI=1S/C26H28ClN7O/c1-5-11-33-24(35)18-15-29-25(30-20-13-16-9-10-28-14-17(16)12-19(20)27)32-23(18)34(33)22-8-6-7-21(31-22)26(2,3)4/h5-8,12-13,15,28H,1,9-11,14H2,2-4H3,(H,29,30,32). The lowest BCUT2D eigenvalue weighted by molar-refractivity contribution is 0.554. The van der Waals surface area contributed by atoms with Gasteiger partial charge in [0.1, 0.15) is 5.39 Å². The van der Waals surface area contributed by atoms with Crippen LogP contribution in [0.5, 0.6) is 0 Å². The fourth-order valence-electron chi connectivity index (χ4n) is 4.29. The number of anilines is 2. The van der Waals surface area contributed by atoms with E-state index < -0.39 is 0 Å². The monoisotopic (exact) mass is 489 g/mol. The quantitative estimate of drug-likeness (QED) is 0.401. The van der Waals surface area contributed by atoms with Crippen molar-refractivity contribution in [3.8, 4) is 5.82 Å². The van der Waals surface area contributed by atoms with Crippen LogP contribution < -0.4 is 16.2 Å². The number of nitrogens with one attached hydrogen (secondary N) is 2. The molecule has 35 heavy (non-hydrogen) atoms. The highest BCUT2D eigenvalue weighted by atomic mass is 35.5. The first-order chi connectivity index (χ1) is 16.8. The van der Waals surface area contributed by atoms with E-state index >= 15 is 0 Å². The first-order valence-electron chi connectivity index (χ1n) is 11.6. The number of hydrogen-bond acceptors (Lipinski definition) is 6. The molecule has 8 nitrogen and oxygen atoms in total. The van der Waals surface area contributed by atoms with E-state index in [4.69, 9.17) is 21.6 Å². The van der Waals surface area contributed by atoms with Gasteiger partial charge in [0.15, 0.2) is 11.5 Å². The highest BCUT2D eigenvalue weighted by Gasteiger charge is 2.21. The minimum atomic E-state index is -0.200. The predicted octanol–water partition coefficient (Wildman–Crippen LogP) is 4.50. The highest BCUT2D eigenvalue weighted by molar-refractivity contribution is 6.33. The largest absolute Gasteiger partial charge is 0.323 e. The van der Waals surface area contributed by atoms with Gasteiger partial charge in [-0.15, -0.1) is 6.58 Å². The van der Waals surface area contributed by atoms with Crippen LogP contribution in [0.1, 0.15) is 37.6 Å². The first-order valence-corrected chi connectivity index (χ1v) is 12.0. The third kappa shape index (κ3) is 4.35. The third-order valence-corrected chi connectivity index (χ3v) is 6.43. The van der Waals surface area contributed by atoms with Gasteiger partial charge < -0.3 is 10.6 Å². The van der Waals surface area contributed by atoms with Crippen molar-refractivity contribution in [3.63, 3.8) is 0 Å². The van der Waals surface area contributed by atoms with Crippen LogP contribution in [0.15, 0.2) is 54.0 Å². The number of pyridine rings is 1. The van der Waals surface area contributed by atoms with Crippen LogP contribution in [-0.2, 0) is 24.9 Å². The molecule has 0 radical (unpaired) electrons. The van der Waals surface area contributed by atoms with Crippen LogP contribution in [0.2, 0.25) is 5.02 Å². The van der Waals surface area contributed by atoms with Crippen molar-refractivity contribution in [2.75, 3.05) is 11.9 Å². The Morgan fingerprint density at radius 3 is 2.83 bits per heavy atom. The minimum Gasteiger partial charge on any atom is -0.323 e. The zero-order chi connectivity index (χ0) is 24.7. The topological polar surface area (TPSA) is 89.7 Å². The van der Waals surface area contributed by atoms with E-state index in [1.165, 1.54) is 11.1 Å². The Bertz CT molecular complexity index is 1500. The third-order valence-electron chi connectivity index (χ3n) is 6.12. The summed E-state index contributed by atoms with van der Waals surface area (Å²) in [6.45, 7) is 12.2. The molecule has 0 saturated carbocycles. The Morgan fingerprint density at radius 1 is 1.23 bits per heavy atom. The summed E-state index contributed by atoms with van der Waals surface area (Å²) in [6, 6.07) is 9.83. The van der Waals surface area contributed by atoms with Gasteiger partial charge in [-0.25, -0.2) is 19.3 Å². The maximum Gasteiger partial charge on any atom is 0.278 e. The zero-order valence-electron chi connectivity index (χ0n) is 20.1. The molecule has 0 bridgehead atoms. The van der Waals surface area contributed by atoms with E-state index in [0.717, 1.165) is 30.9 Å². The van der Waals surface area contributed by atoms with Crippen LogP contribution in [0, 0.1) is 0 Å². The van der Waals surface area contributed by atoms with Crippen LogP contribution in [-0.4, -0.2) is 30.9 Å². The molecule has 1 aromatic carbocycles. The lowest BCUT2D eigenvalue weighted by Gasteiger charge is -2.19. The van der Waals surface area contributed by atoms with E-state index in [0.29, 0.717) is 34.4 Å². The van der Waals surface area contributed by atoms with E-state index in [9.17, 15) is 4.79 Å². The first kappa shape index (κ1) is 23.3. The summed E-state index contributed by atoms with van der Waals surface area (Å²) in [4.78, 5) is 27.2. The Hall–Kier alpha value is -3.49. The Kier molecular flexibility index (Phi) is 5.94. The number of hydrogen-bond donors (Lipinski definition) is 2. The zero-order valence-corrected chi connectivity index (χ0v) is 20.9. The summed E-state index contributed by atoms with van der Waals surface area (Å²) >= 11 is 6.56. The summed E-state index contributed by atoms with van der Waals surface area (Å²) in [5.74, 6) is 0.958. The Morgan fingerprint density at radius 2 is 2.06 bits per heavy atom. The molecule has 0 spiro atoms. The fraction of sp³-hybridized carbons (Fsp3) is 0.308. The lowest BCUT2D eigenvalue weighted by Crippen LogP contribution is -2.23. The van der Waals surface area contributed by atoms with Crippen molar-refractivity contribution in [1.82, 2.24) is 29.6 Å². The van der Waals surface area contributed by atoms with Gasteiger partial charge in [-0.2, -0.15) is 4.98 Å². The van der Waals surface area contributed by atoms with Crippen LogP contribution in [0.25, 0.3) is 16.9 Å². The fourth-order valence-corrected chi connectivity index (χ4v) is 4.52. The van der Waals surface area contributed by atoms with Gasteiger partial charge >= 0.3 is 0 Å². The van der Waals surface area contributed by atoms with Gasteiger partial charge in [0, 0.05) is 23.9 Å². The highest BCUT2D eigenvalue weighted by Crippen LogP contribution is 2.30. The molecule has 9 heteroatoms. The average Bonchev–Trinajstić information content (AvgIpc) is 3.10. The molecule has 0 amide bonds. The van der Waals surface area contributed by atoms with E-state index in [2.05, 4.69) is 49.0 Å². The molecule has 5 rings (SSSR count). The van der Waals surface area contributed by atoms with E-state index in [-0.39, 0.29) is 11.0 Å². The molecule has 0 fully saturated rings. The minimum absolute atomic E-state index is 0.150. The average molecular weight is 490 g/mol. The molecule has 0 aliphatic carbocycles. The molecule has 0 saturated heterocycles. The van der Waals surface area contributed by atoms with Crippen LogP contribution in [0.3, 0.4) is 0 Å². The van der Waals surface area contributed by atoms with Crippen molar-refractivity contribution in [3.05, 3.63) is 81.4 Å². The van der Waals surface area contributed by atoms with Crippen molar-refractivity contribution in [2.45, 2.75) is 45.7 Å². The summed E-state index contributed by atoms with van der Waals surface area (Å²) < 4.78 is 3.31. The normalized spacial score (nSPS) is 13.6. The molecule has 1 aliphatic rings. The number of rotatable bonds is 5. The number of benzene rings is 1. The molecule has 4 aromatic rings. The van der Waals surface area contributed by atoms with Gasteiger partial charge in [0.2, 0.25) is 5.95 Å². The Labute approximate surface area is 208 Å². The summed E-state index contributed by atoms with van der Waals surface area (Å²) in [5.41, 5.74) is 4.21. The maximum atomic E-state index is 13.2. The second-order valence-electron chi connectivity index (χ2n) is 9.70. The van der Waals surface area contributed by atoms with Crippen molar-refractivity contribution >= 4 is 34.3 Å². The smallest absolute Gasteiger partial charge is 0.278 e. The number of halogens is 1. The molecular weight excluding hydrogens is 462 g/mol. The Balaban J connectivity index is 1.64. The molecule has 3 aromatic heterocycles. The molecule has 180 valence electrons. The molecule has 4 heterocycles. The van der Waals surface area contributed by atoms with Gasteiger partial charge in [-0.3, -0.25) is 4.79 Å².